The number of hydrogen-bond donors (Lipinski definition) is 3. The maximum Gasteiger partial charge on any atom is 0.407 e. The first-order chi connectivity index (χ1) is 12.3. The lowest BCUT2D eigenvalue weighted by Crippen LogP contribution is -2.44. The first-order valence-corrected chi connectivity index (χ1v) is 9.99. The fourth-order valence-corrected chi connectivity index (χ4v) is 3.71. The highest BCUT2D eigenvalue weighted by Gasteiger charge is 2.24. The summed E-state index contributed by atoms with van der Waals surface area (Å²) in [7, 11) is 0. The van der Waals surface area contributed by atoms with Crippen molar-refractivity contribution in [3.05, 3.63) is 22.4 Å². The lowest BCUT2D eigenvalue weighted by molar-refractivity contribution is 0.0528. The Morgan fingerprint density at radius 3 is 2.50 bits per heavy atom. The van der Waals surface area contributed by atoms with E-state index in [2.05, 4.69) is 32.3 Å². The number of carbonyl (C=O) groups excluding carboxylic acids is 2. The summed E-state index contributed by atoms with van der Waals surface area (Å²) >= 11 is 1.72. The summed E-state index contributed by atoms with van der Waals surface area (Å²) in [5.41, 5.74) is -0.527. The van der Waals surface area contributed by atoms with Gasteiger partial charge in [-0.25, -0.2) is 9.59 Å². The van der Waals surface area contributed by atoms with E-state index in [-0.39, 0.29) is 12.1 Å². The van der Waals surface area contributed by atoms with Crippen molar-refractivity contribution in [2.24, 2.45) is 0 Å². The smallest absolute Gasteiger partial charge is 0.407 e. The number of carbonyl (C=O) groups is 2. The molecule has 0 bridgehead atoms. The van der Waals surface area contributed by atoms with E-state index in [0.717, 1.165) is 13.1 Å². The molecule has 1 unspecified atom stereocenters. The standard InChI is InChI=1S/C18H30N4O3S/c1-18(2,3)25-17(24)20-9-8-19-16(23)21-13-14(15-7-6-12-26-15)22-10-4-5-11-22/h6-7,12,14H,4-5,8-11,13H2,1-3H3,(H,20,24)(H2,19,21,23). The molecule has 1 saturated heterocycles. The van der Waals surface area contributed by atoms with Crippen molar-refractivity contribution in [2.45, 2.75) is 45.3 Å². The first kappa shape index (κ1) is 20.5. The molecule has 0 saturated carbocycles. The summed E-state index contributed by atoms with van der Waals surface area (Å²) in [5, 5.41) is 10.4. The van der Waals surface area contributed by atoms with Gasteiger partial charge in [-0.05, 0) is 58.1 Å². The number of rotatable bonds is 7. The molecule has 1 atom stereocenters. The Balaban J connectivity index is 1.67. The van der Waals surface area contributed by atoms with Crippen molar-refractivity contribution in [1.29, 1.82) is 0 Å². The minimum Gasteiger partial charge on any atom is -0.444 e. The van der Waals surface area contributed by atoms with E-state index < -0.39 is 11.7 Å². The van der Waals surface area contributed by atoms with Crippen LogP contribution in [0.5, 0.6) is 0 Å². The number of alkyl carbamates (subject to hydrolysis) is 1. The van der Waals surface area contributed by atoms with Crippen LogP contribution in [-0.2, 0) is 4.74 Å². The summed E-state index contributed by atoms with van der Waals surface area (Å²) in [6.07, 6.45) is 1.95. The number of thiophene rings is 1. The SMILES string of the molecule is CC(C)(C)OC(=O)NCCNC(=O)NCC(c1cccs1)N1CCCC1. The molecule has 0 aliphatic carbocycles. The van der Waals surface area contributed by atoms with Gasteiger partial charge in [0.1, 0.15) is 5.60 Å². The molecule has 26 heavy (non-hydrogen) atoms. The molecule has 0 spiro atoms. The van der Waals surface area contributed by atoms with Crippen LogP contribution < -0.4 is 16.0 Å². The van der Waals surface area contributed by atoms with Gasteiger partial charge in [-0.15, -0.1) is 11.3 Å². The van der Waals surface area contributed by atoms with E-state index in [9.17, 15) is 9.59 Å². The molecular formula is C18H30N4O3S. The summed E-state index contributed by atoms with van der Waals surface area (Å²) in [6.45, 7) is 8.82. The van der Waals surface area contributed by atoms with Gasteiger partial charge in [0.25, 0.3) is 0 Å². The second kappa shape index (κ2) is 9.78. The van der Waals surface area contributed by atoms with Gasteiger partial charge in [0.05, 0.1) is 6.04 Å². The highest BCUT2D eigenvalue weighted by atomic mass is 32.1. The van der Waals surface area contributed by atoms with Gasteiger partial charge in [0.15, 0.2) is 0 Å². The average molecular weight is 383 g/mol. The summed E-state index contributed by atoms with van der Waals surface area (Å²) in [6, 6.07) is 4.17. The fraction of sp³-hybridized carbons (Fsp3) is 0.667. The maximum atomic E-state index is 12.0. The van der Waals surface area contributed by atoms with Crippen molar-refractivity contribution in [1.82, 2.24) is 20.9 Å². The predicted molar refractivity (Wildman–Crippen MR) is 104 cm³/mol. The summed E-state index contributed by atoms with van der Waals surface area (Å²) in [5.74, 6) is 0. The molecule has 0 aromatic carbocycles. The Labute approximate surface area is 159 Å². The molecule has 1 aromatic heterocycles. The third-order valence-corrected chi connectivity index (χ3v) is 4.96. The number of hydrogen-bond acceptors (Lipinski definition) is 5. The Hall–Kier alpha value is -1.80. The Kier molecular flexibility index (Phi) is 7.71. The Morgan fingerprint density at radius 1 is 1.19 bits per heavy atom. The molecule has 7 nitrogen and oxygen atoms in total. The molecular weight excluding hydrogens is 352 g/mol. The topological polar surface area (TPSA) is 82.7 Å². The summed E-state index contributed by atoms with van der Waals surface area (Å²) in [4.78, 5) is 27.3. The quantitative estimate of drug-likeness (QED) is 0.633. The third kappa shape index (κ3) is 7.21. The predicted octanol–water partition coefficient (Wildman–Crippen LogP) is 2.71. The van der Waals surface area contributed by atoms with Crippen LogP contribution in [0.4, 0.5) is 9.59 Å². The van der Waals surface area contributed by atoms with Crippen LogP contribution in [0.3, 0.4) is 0 Å². The number of ether oxygens (including phenoxy) is 1. The molecule has 1 aliphatic rings. The van der Waals surface area contributed by atoms with Crippen LogP contribution in [0, 0.1) is 0 Å². The normalized spacial score (nSPS) is 16.1. The zero-order valence-electron chi connectivity index (χ0n) is 15.8. The van der Waals surface area contributed by atoms with Crippen molar-refractivity contribution < 1.29 is 14.3 Å². The van der Waals surface area contributed by atoms with E-state index >= 15 is 0 Å². The third-order valence-electron chi connectivity index (χ3n) is 3.99. The van der Waals surface area contributed by atoms with Gasteiger partial charge in [-0.3, -0.25) is 4.90 Å². The zero-order valence-corrected chi connectivity index (χ0v) is 16.7. The number of nitrogens with one attached hydrogen (secondary N) is 3. The molecule has 2 rings (SSSR count). The minimum atomic E-state index is -0.527. The van der Waals surface area contributed by atoms with Crippen LogP contribution >= 0.6 is 11.3 Å². The van der Waals surface area contributed by atoms with Crippen molar-refractivity contribution in [2.75, 3.05) is 32.7 Å². The largest absolute Gasteiger partial charge is 0.444 e. The minimum absolute atomic E-state index is 0.225. The lowest BCUT2D eigenvalue weighted by atomic mass is 10.2. The van der Waals surface area contributed by atoms with Gasteiger partial charge < -0.3 is 20.7 Å². The molecule has 3 amide bonds. The van der Waals surface area contributed by atoms with Crippen LogP contribution in [0.15, 0.2) is 17.5 Å². The van der Waals surface area contributed by atoms with E-state index in [1.54, 1.807) is 11.3 Å². The second-order valence-corrected chi connectivity index (χ2v) is 8.32. The van der Waals surface area contributed by atoms with E-state index in [4.69, 9.17) is 4.74 Å². The summed E-state index contributed by atoms with van der Waals surface area (Å²) < 4.78 is 5.14. The fourth-order valence-electron chi connectivity index (χ4n) is 2.85. The van der Waals surface area contributed by atoms with Gasteiger partial charge in [0.2, 0.25) is 0 Å². The molecule has 1 aliphatic heterocycles. The number of likely N-dealkylation sites (tertiary alicyclic amines) is 1. The number of nitrogens with zero attached hydrogens (tertiary/aromatic N) is 1. The molecule has 146 valence electrons. The van der Waals surface area contributed by atoms with Gasteiger partial charge in [-0.2, -0.15) is 0 Å². The van der Waals surface area contributed by atoms with Crippen molar-refractivity contribution in [3.8, 4) is 0 Å². The van der Waals surface area contributed by atoms with Crippen LogP contribution in [0.2, 0.25) is 0 Å². The van der Waals surface area contributed by atoms with Crippen LogP contribution in [-0.4, -0.2) is 55.3 Å². The number of urea groups is 1. The molecule has 1 aromatic rings. The Bertz CT molecular complexity index is 565. The molecule has 8 heteroatoms. The first-order valence-electron chi connectivity index (χ1n) is 9.11. The lowest BCUT2D eigenvalue weighted by Gasteiger charge is -2.27. The molecule has 0 radical (unpaired) electrons. The maximum absolute atomic E-state index is 12.0. The monoisotopic (exact) mass is 382 g/mol. The van der Waals surface area contributed by atoms with Gasteiger partial charge in [-0.1, -0.05) is 6.07 Å². The van der Waals surface area contributed by atoms with Gasteiger partial charge >= 0.3 is 12.1 Å². The molecule has 2 heterocycles. The van der Waals surface area contributed by atoms with E-state index in [1.165, 1.54) is 17.7 Å². The molecule has 1 fully saturated rings. The highest BCUT2D eigenvalue weighted by Crippen LogP contribution is 2.27. The van der Waals surface area contributed by atoms with Crippen molar-refractivity contribution in [3.63, 3.8) is 0 Å². The van der Waals surface area contributed by atoms with E-state index in [1.807, 2.05) is 26.8 Å². The van der Waals surface area contributed by atoms with Gasteiger partial charge in [0, 0.05) is 24.5 Å². The number of amides is 3. The van der Waals surface area contributed by atoms with Crippen LogP contribution in [0.1, 0.15) is 44.5 Å². The molecule has 3 N–H and O–H groups in total. The van der Waals surface area contributed by atoms with E-state index in [0.29, 0.717) is 19.6 Å². The zero-order chi connectivity index (χ0) is 19.0. The van der Waals surface area contributed by atoms with Crippen molar-refractivity contribution >= 4 is 23.5 Å². The van der Waals surface area contributed by atoms with Crippen LogP contribution in [0.25, 0.3) is 0 Å². The second-order valence-electron chi connectivity index (χ2n) is 7.34. The Morgan fingerprint density at radius 2 is 1.88 bits per heavy atom. The highest BCUT2D eigenvalue weighted by molar-refractivity contribution is 7.10. The average Bonchev–Trinajstić information content (AvgIpc) is 3.24.